The number of nitro groups is 1. The summed E-state index contributed by atoms with van der Waals surface area (Å²) in [7, 11) is 1.28. The quantitative estimate of drug-likeness (QED) is 0.497. The molecule has 2 rings (SSSR count). The van der Waals surface area contributed by atoms with Crippen molar-refractivity contribution in [1.82, 2.24) is 5.32 Å². The number of esters is 1. The molecule has 0 aliphatic rings. The first kappa shape index (κ1) is 17.1. The minimum absolute atomic E-state index is 0.0182. The first-order valence-corrected chi connectivity index (χ1v) is 7.09. The van der Waals surface area contributed by atoms with Crippen molar-refractivity contribution in [2.45, 2.75) is 12.6 Å². The van der Waals surface area contributed by atoms with E-state index in [1.54, 1.807) is 36.4 Å². The average molecular weight is 325 g/mol. The number of nitro benzene ring substituents is 1. The fraction of sp³-hybridized carbons (Fsp3) is 0.176. The summed E-state index contributed by atoms with van der Waals surface area (Å²) in [5, 5.41) is 22.8. The van der Waals surface area contributed by atoms with E-state index in [0.29, 0.717) is 16.7 Å². The molecule has 7 nitrogen and oxygen atoms in total. The van der Waals surface area contributed by atoms with Gasteiger partial charge in [0.2, 0.25) is 0 Å². The maximum atomic E-state index is 12.0. The number of ether oxygens (including phenoxy) is 1. The molecule has 0 spiro atoms. The molecule has 122 valence electrons. The van der Waals surface area contributed by atoms with E-state index in [9.17, 15) is 14.9 Å². The number of rotatable bonds is 6. The molecule has 0 fully saturated rings. The van der Waals surface area contributed by atoms with E-state index >= 15 is 0 Å². The summed E-state index contributed by atoms with van der Waals surface area (Å²) in [6, 6.07) is 14.0. The molecule has 2 aromatic rings. The van der Waals surface area contributed by atoms with Gasteiger partial charge in [0.1, 0.15) is 6.04 Å². The Bertz CT molecular complexity index is 798. The van der Waals surface area contributed by atoms with E-state index in [1.807, 2.05) is 6.07 Å². The number of methoxy groups -OCH3 is 1. The largest absolute Gasteiger partial charge is 0.468 e. The average Bonchev–Trinajstić information content (AvgIpc) is 2.62. The zero-order valence-electron chi connectivity index (χ0n) is 12.9. The predicted octanol–water partition coefficient (Wildman–Crippen LogP) is 2.47. The van der Waals surface area contributed by atoms with Gasteiger partial charge in [-0.1, -0.05) is 24.3 Å². The van der Waals surface area contributed by atoms with Crippen molar-refractivity contribution in [3.05, 3.63) is 75.3 Å². The molecule has 0 unspecified atom stereocenters. The molecule has 1 atom stereocenters. The Morgan fingerprint density at radius 2 is 2.08 bits per heavy atom. The third kappa shape index (κ3) is 4.15. The second-order valence-electron chi connectivity index (χ2n) is 5.00. The van der Waals surface area contributed by atoms with Crippen molar-refractivity contribution in [3.63, 3.8) is 0 Å². The molecule has 0 saturated carbocycles. The summed E-state index contributed by atoms with van der Waals surface area (Å²) < 4.78 is 4.80. The Hall–Kier alpha value is -3.24. The molecule has 7 heteroatoms. The highest BCUT2D eigenvalue weighted by Gasteiger charge is 2.21. The van der Waals surface area contributed by atoms with Gasteiger partial charge < -0.3 is 4.74 Å². The monoisotopic (exact) mass is 325 g/mol. The molecule has 24 heavy (non-hydrogen) atoms. The van der Waals surface area contributed by atoms with Crippen LogP contribution >= 0.6 is 0 Å². The van der Waals surface area contributed by atoms with E-state index in [2.05, 4.69) is 5.32 Å². The first-order valence-electron chi connectivity index (χ1n) is 7.09. The van der Waals surface area contributed by atoms with Gasteiger partial charge in [0, 0.05) is 18.7 Å². The van der Waals surface area contributed by atoms with E-state index < -0.39 is 16.9 Å². The van der Waals surface area contributed by atoms with Crippen molar-refractivity contribution in [2.75, 3.05) is 7.11 Å². The summed E-state index contributed by atoms with van der Waals surface area (Å²) >= 11 is 0. The summed E-state index contributed by atoms with van der Waals surface area (Å²) in [5.41, 5.74) is 1.66. The van der Waals surface area contributed by atoms with Crippen LogP contribution in [0, 0.1) is 21.4 Å². The number of benzene rings is 2. The number of hydrogen-bond acceptors (Lipinski definition) is 6. The Labute approximate surface area is 138 Å². The molecular weight excluding hydrogens is 310 g/mol. The van der Waals surface area contributed by atoms with E-state index in [0.717, 1.165) is 0 Å². The van der Waals surface area contributed by atoms with Gasteiger partial charge in [-0.05, 0) is 23.3 Å². The van der Waals surface area contributed by atoms with Crippen LogP contribution in [0.4, 0.5) is 5.69 Å². The molecule has 0 heterocycles. The van der Waals surface area contributed by atoms with Crippen molar-refractivity contribution in [3.8, 4) is 6.07 Å². The smallest absolute Gasteiger partial charge is 0.327 e. The molecule has 0 amide bonds. The van der Waals surface area contributed by atoms with Crippen LogP contribution in [-0.2, 0) is 16.1 Å². The van der Waals surface area contributed by atoms with Crippen molar-refractivity contribution in [1.29, 1.82) is 5.26 Å². The lowest BCUT2D eigenvalue weighted by molar-refractivity contribution is -0.384. The van der Waals surface area contributed by atoms with Crippen LogP contribution in [0.25, 0.3) is 0 Å². The van der Waals surface area contributed by atoms with Gasteiger partial charge in [-0.2, -0.15) is 5.26 Å². The van der Waals surface area contributed by atoms with Gasteiger partial charge in [-0.25, -0.2) is 4.79 Å². The maximum Gasteiger partial charge on any atom is 0.327 e. The molecule has 2 aromatic carbocycles. The van der Waals surface area contributed by atoms with Crippen LogP contribution in [0.1, 0.15) is 22.7 Å². The van der Waals surface area contributed by atoms with Gasteiger partial charge in [0.05, 0.1) is 23.7 Å². The Morgan fingerprint density at radius 1 is 1.33 bits per heavy atom. The maximum absolute atomic E-state index is 12.0. The summed E-state index contributed by atoms with van der Waals surface area (Å²) in [6.45, 7) is 0.234. The minimum Gasteiger partial charge on any atom is -0.468 e. The lowest BCUT2D eigenvalue weighted by atomic mass is 10.0. The molecule has 0 saturated heterocycles. The highest BCUT2D eigenvalue weighted by atomic mass is 16.6. The van der Waals surface area contributed by atoms with Crippen molar-refractivity contribution in [2.24, 2.45) is 0 Å². The Morgan fingerprint density at radius 3 is 2.75 bits per heavy atom. The van der Waals surface area contributed by atoms with E-state index in [-0.39, 0.29) is 12.2 Å². The molecular formula is C17H15N3O4. The summed E-state index contributed by atoms with van der Waals surface area (Å²) in [6.07, 6.45) is 0. The topological polar surface area (TPSA) is 105 Å². The minimum atomic E-state index is -0.775. The zero-order chi connectivity index (χ0) is 17.5. The Kier molecular flexibility index (Phi) is 5.60. The normalized spacial score (nSPS) is 11.3. The number of nitrogens with zero attached hydrogens (tertiary/aromatic N) is 2. The fourth-order valence-corrected chi connectivity index (χ4v) is 2.24. The van der Waals surface area contributed by atoms with Crippen LogP contribution in [-0.4, -0.2) is 18.0 Å². The Balaban J connectivity index is 2.21. The molecule has 0 radical (unpaired) electrons. The van der Waals surface area contributed by atoms with Crippen LogP contribution in [0.3, 0.4) is 0 Å². The lowest BCUT2D eigenvalue weighted by Gasteiger charge is -2.17. The van der Waals surface area contributed by atoms with Crippen LogP contribution in [0.2, 0.25) is 0 Å². The number of carbonyl (C=O) groups is 1. The van der Waals surface area contributed by atoms with Gasteiger partial charge in [0.25, 0.3) is 5.69 Å². The second kappa shape index (κ2) is 7.85. The summed E-state index contributed by atoms with van der Waals surface area (Å²) in [5.74, 6) is -0.504. The molecule has 0 aliphatic carbocycles. The number of non-ortho nitro benzene ring substituents is 1. The van der Waals surface area contributed by atoms with E-state index in [4.69, 9.17) is 10.00 Å². The van der Waals surface area contributed by atoms with Crippen LogP contribution in [0.15, 0.2) is 48.5 Å². The standard InChI is InChI=1S/C17H15N3O4/c1-24-17(21)16(14-6-2-4-12(8-14)10-18)19-11-13-5-3-7-15(9-13)20(22)23/h2-9,16,19H,11H2,1H3/t16-/m0/s1. The van der Waals surface area contributed by atoms with Crippen LogP contribution < -0.4 is 5.32 Å². The lowest BCUT2D eigenvalue weighted by Crippen LogP contribution is -2.29. The number of nitriles is 1. The van der Waals surface area contributed by atoms with Gasteiger partial charge in [-0.3, -0.25) is 15.4 Å². The highest BCUT2D eigenvalue weighted by Crippen LogP contribution is 2.18. The SMILES string of the molecule is COC(=O)[C@@H](NCc1cccc([N+](=O)[O-])c1)c1cccc(C#N)c1. The molecule has 1 N–H and O–H groups in total. The fourth-order valence-electron chi connectivity index (χ4n) is 2.24. The third-order valence-corrected chi connectivity index (χ3v) is 3.42. The number of hydrogen-bond donors (Lipinski definition) is 1. The van der Waals surface area contributed by atoms with Crippen LogP contribution in [0.5, 0.6) is 0 Å². The van der Waals surface area contributed by atoms with Gasteiger partial charge >= 0.3 is 5.97 Å². The third-order valence-electron chi connectivity index (χ3n) is 3.42. The number of nitrogens with one attached hydrogen (secondary N) is 1. The van der Waals surface area contributed by atoms with Crippen molar-refractivity contribution < 1.29 is 14.5 Å². The molecule has 0 aromatic heterocycles. The highest BCUT2D eigenvalue weighted by molar-refractivity contribution is 5.77. The summed E-state index contributed by atoms with van der Waals surface area (Å²) in [4.78, 5) is 22.4. The first-order chi connectivity index (χ1) is 11.5. The number of carbonyl (C=O) groups excluding carboxylic acids is 1. The van der Waals surface area contributed by atoms with Gasteiger partial charge in [0.15, 0.2) is 0 Å². The predicted molar refractivity (Wildman–Crippen MR) is 85.9 cm³/mol. The van der Waals surface area contributed by atoms with E-state index in [1.165, 1.54) is 19.2 Å². The van der Waals surface area contributed by atoms with Crippen molar-refractivity contribution >= 4 is 11.7 Å². The molecule has 0 aliphatic heterocycles. The molecule has 0 bridgehead atoms. The second-order valence-corrected chi connectivity index (χ2v) is 5.00. The zero-order valence-corrected chi connectivity index (χ0v) is 12.9. The van der Waals surface area contributed by atoms with Gasteiger partial charge in [-0.15, -0.1) is 0 Å².